The van der Waals surface area contributed by atoms with Crippen molar-refractivity contribution < 1.29 is 5.11 Å². The van der Waals surface area contributed by atoms with Crippen molar-refractivity contribution in [1.29, 1.82) is 0 Å². The second kappa shape index (κ2) is 8.03. The molecule has 0 spiro atoms. The van der Waals surface area contributed by atoms with E-state index in [0.29, 0.717) is 5.25 Å². The third-order valence-electron chi connectivity index (χ3n) is 3.58. The zero-order valence-corrected chi connectivity index (χ0v) is 13.4. The highest BCUT2D eigenvalue weighted by atomic mass is 32.2. The first-order chi connectivity index (χ1) is 9.67. The van der Waals surface area contributed by atoms with Crippen molar-refractivity contribution >= 4 is 11.8 Å². The van der Waals surface area contributed by atoms with Crippen LogP contribution >= 0.6 is 11.8 Å². The molecule has 1 heterocycles. The first-order valence-corrected chi connectivity index (χ1v) is 8.36. The van der Waals surface area contributed by atoms with Gasteiger partial charge in [-0.05, 0) is 17.7 Å². The molecule has 1 N–H and O–H groups in total. The van der Waals surface area contributed by atoms with Gasteiger partial charge >= 0.3 is 0 Å². The molecule has 0 aromatic heterocycles. The highest BCUT2D eigenvalue weighted by molar-refractivity contribution is 7.99. The Morgan fingerprint density at radius 3 is 2.20 bits per heavy atom. The standard InChI is InChI=1S/C16H26N2OS/c1-14(2)20-16-5-3-15(4-6-16)13-18-9-7-17(8-10-18)11-12-19/h3-6,14,19H,7-13H2,1-2H3. The molecule has 1 saturated heterocycles. The molecule has 1 aromatic carbocycles. The van der Waals surface area contributed by atoms with E-state index in [2.05, 4.69) is 47.9 Å². The van der Waals surface area contributed by atoms with E-state index in [0.717, 1.165) is 39.3 Å². The fraction of sp³-hybridized carbons (Fsp3) is 0.625. The molecule has 0 unspecified atom stereocenters. The van der Waals surface area contributed by atoms with E-state index in [1.54, 1.807) is 0 Å². The number of aliphatic hydroxyl groups excluding tert-OH is 1. The molecule has 0 radical (unpaired) electrons. The molecular formula is C16H26N2OS. The number of piperazine rings is 1. The SMILES string of the molecule is CC(C)Sc1ccc(CN2CCN(CCO)CC2)cc1. The van der Waals surface area contributed by atoms with Gasteiger partial charge < -0.3 is 5.11 Å². The highest BCUT2D eigenvalue weighted by Crippen LogP contribution is 2.23. The molecule has 0 bridgehead atoms. The Kier molecular flexibility index (Phi) is 6.36. The first kappa shape index (κ1) is 15.8. The molecule has 1 aliphatic rings. The van der Waals surface area contributed by atoms with Crippen LogP contribution in [0.5, 0.6) is 0 Å². The molecule has 20 heavy (non-hydrogen) atoms. The van der Waals surface area contributed by atoms with E-state index in [-0.39, 0.29) is 6.61 Å². The average molecular weight is 294 g/mol. The van der Waals surface area contributed by atoms with Crippen molar-refractivity contribution in [1.82, 2.24) is 9.80 Å². The fourth-order valence-electron chi connectivity index (χ4n) is 2.52. The highest BCUT2D eigenvalue weighted by Gasteiger charge is 2.16. The quantitative estimate of drug-likeness (QED) is 0.815. The molecule has 0 aliphatic carbocycles. The normalized spacial score (nSPS) is 17.8. The third kappa shape index (κ3) is 5.09. The van der Waals surface area contributed by atoms with E-state index in [9.17, 15) is 0 Å². The lowest BCUT2D eigenvalue weighted by Crippen LogP contribution is -2.46. The molecule has 1 aliphatic heterocycles. The molecule has 0 saturated carbocycles. The van der Waals surface area contributed by atoms with Crippen LogP contribution in [0.3, 0.4) is 0 Å². The lowest BCUT2D eigenvalue weighted by Gasteiger charge is -2.34. The molecule has 1 aromatic rings. The Balaban J connectivity index is 1.79. The summed E-state index contributed by atoms with van der Waals surface area (Å²) in [6, 6.07) is 8.99. The number of benzene rings is 1. The molecular weight excluding hydrogens is 268 g/mol. The molecule has 4 heteroatoms. The summed E-state index contributed by atoms with van der Waals surface area (Å²) in [5, 5.41) is 9.59. The Bertz CT molecular complexity index is 386. The summed E-state index contributed by atoms with van der Waals surface area (Å²) >= 11 is 1.92. The number of hydrogen-bond donors (Lipinski definition) is 1. The predicted molar refractivity (Wildman–Crippen MR) is 86.2 cm³/mol. The lowest BCUT2D eigenvalue weighted by atomic mass is 10.2. The van der Waals surface area contributed by atoms with Gasteiger partial charge in [0.1, 0.15) is 0 Å². The number of thioether (sulfide) groups is 1. The van der Waals surface area contributed by atoms with Crippen LogP contribution in [-0.4, -0.2) is 59.5 Å². The topological polar surface area (TPSA) is 26.7 Å². The van der Waals surface area contributed by atoms with Crippen LogP contribution in [0.25, 0.3) is 0 Å². The lowest BCUT2D eigenvalue weighted by molar-refractivity contribution is 0.108. The van der Waals surface area contributed by atoms with Gasteiger partial charge in [-0.1, -0.05) is 26.0 Å². The van der Waals surface area contributed by atoms with E-state index < -0.39 is 0 Å². The van der Waals surface area contributed by atoms with E-state index in [1.165, 1.54) is 10.5 Å². The molecule has 112 valence electrons. The zero-order chi connectivity index (χ0) is 14.4. The minimum Gasteiger partial charge on any atom is -0.395 e. The van der Waals surface area contributed by atoms with Gasteiger partial charge in [0, 0.05) is 49.4 Å². The van der Waals surface area contributed by atoms with E-state index >= 15 is 0 Å². The molecule has 0 amide bonds. The summed E-state index contributed by atoms with van der Waals surface area (Å²) in [7, 11) is 0. The van der Waals surface area contributed by atoms with Gasteiger partial charge in [0.05, 0.1) is 6.61 Å². The third-order valence-corrected chi connectivity index (χ3v) is 4.60. The van der Waals surface area contributed by atoms with Gasteiger partial charge in [-0.25, -0.2) is 0 Å². The summed E-state index contributed by atoms with van der Waals surface area (Å²) in [5.74, 6) is 0. The van der Waals surface area contributed by atoms with Crippen LogP contribution in [0.1, 0.15) is 19.4 Å². The van der Waals surface area contributed by atoms with Crippen LogP contribution in [0.2, 0.25) is 0 Å². The van der Waals surface area contributed by atoms with Crippen LogP contribution in [0, 0.1) is 0 Å². The van der Waals surface area contributed by atoms with Crippen molar-refractivity contribution in [3.8, 4) is 0 Å². The van der Waals surface area contributed by atoms with Crippen LogP contribution in [0.15, 0.2) is 29.2 Å². The number of rotatable bonds is 6. The number of β-amino-alcohol motifs (C(OH)–C–C–N with tert-alkyl or cyclic N) is 1. The van der Waals surface area contributed by atoms with Gasteiger partial charge in [-0.2, -0.15) is 0 Å². The monoisotopic (exact) mass is 294 g/mol. The van der Waals surface area contributed by atoms with Gasteiger partial charge in [0.15, 0.2) is 0 Å². The van der Waals surface area contributed by atoms with Crippen molar-refractivity contribution in [3.05, 3.63) is 29.8 Å². The van der Waals surface area contributed by atoms with Crippen LogP contribution in [0.4, 0.5) is 0 Å². The maximum absolute atomic E-state index is 8.95. The Morgan fingerprint density at radius 2 is 1.65 bits per heavy atom. The van der Waals surface area contributed by atoms with Gasteiger partial charge in [0.2, 0.25) is 0 Å². The molecule has 0 atom stereocenters. The number of aliphatic hydroxyl groups is 1. The minimum absolute atomic E-state index is 0.273. The maximum Gasteiger partial charge on any atom is 0.0558 e. The maximum atomic E-state index is 8.95. The Labute approximate surface area is 127 Å². The van der Waals surface area contributed by atoms with Crippen LogP contribution < -0.4 is 0 Å². The van der Waals surface area contributed by atoms with E-state index in [4.69, 9.17) is 5.11 Å². The van der Waals surface area contributed by atoms with E-state index in [1.807, 2.05) is 11.8 Å². The molecule has 2 rings (SSSR count). The summed E-state index contributed by atoms with van der Waals surface area (Å²) in [4.78, 5) is 6.19. The predicted octanol–water partition coefficient (Wildman–Crippen LogP) is 2.30. The summed E-state index contributed by atoms with van der Waals surface area (Å²) < 4.78 is 0. The Morgan fingerprint density at radius 1 is 1.05 bits per heavy atom. The zero-order valence-electron chi connectivity index (χ0n) is 12.6. The van der Waals surface area contributed by atoms with Crippen LogP contribution in [-0.2, 0) is 6.54 Å². The van der Waals surface area contributed by atoms with Crippen molar-refractivity contribution in [3.63, 3.8) is 0 Å². The molecule has 3 nitrogen and oxygen atoms in total. The van der Waals surface area contributed by atoms with Gasteiger partial charge in [0.25, 0.3) is 0 Å². The number of nitrogens with zero attached hydrogens (tertiary/aromatic N) is 2. The fourth-order valence-corrected chi connectivity index (χ4v) is 3.35. The summed E-state index contributed by atoms with van der Waals surface area (Å²) in [5.41, 5.74) is 1.40. The van der Waals surface area contributed by atoms with Gasteiger partial charge in [-0.15, -0.1) is 11.8 Å². The van der Waals surface area contributed by atoms with Crippen molar-refractivity contribution in [2.75, 3.05) is 39.3 Å². The van der Waals surface area contributed by atoms with Crippen molar-refractivity contribution in [2.24, 2.45) is 0 Å². The summed E-state index contributed by atoms with van der Waals surface area (Å²) in [6.45, 7) is 10.9. The Hall–Kier alpha value is -0.550. The van der Waals surface area contributed by atoms with Crippen molar-refractivity contribution in [2.45, 2.75) is 30.5 Å². The first-order valence-electron chi connectivity index (χ1n) is 7.48. The largest absolute Gasteiger partial charge is 0.395 e. The second-order valence-electron chi connectivity index (χ2n) is 5.65. The minimum atomic E-state index is 0.273. The summed E-state index contributed by atoms with van der Waals surface area (Å²) in [6.07, 6.45) is 0. The van der Waals surface area contributed by atoms with Gasteiger partial charge in [-0.3, -0.25) is 9.80 Å². The second-order valence-corrected chi connectivity index (χ2v) is 7.30. The average Bonchev–Trinajstić information content (AvgIpc) is 2.43. The molecule has 1 fully saturated rings. The smallest absolute Gasteiger partial charge is 0.0558 e. The number of hydrogen-bond acceptors (Lipinski definition) is 4.